The highest BCUT2D eigenvalue weighted by atomic mass is 32.2. The van der Waals surface area contributed by atoms with Crippen molar-refractivity contribution in [2.45, 2.75) is 25.2 Å². The smallest absolute Gasteiger partial charge is 0.272 e. The SMILES string of the molecule is C=CCC(/C=C\N=C)=C(/C)c1ncn(-c2ccc(C)cc2)c(=O)c1SC. The second-order valence-corrected chi connectivity index (χ2v) is 6.59. The van der Waals surface area contributed by atoms with Gasteiger partial charge in [0.05, 0.1) is 16.3 Å². The molecule has 0 spiro atoms. The largest absolute Gasteiger partial charge is 0.273 e. The van der Waals surface area contributed by atoms with Gasteiger partial charge in [-0.25, -0.2) is 4.98 Å². The fraction of sp³-hybridized carbons (Fsp3) is 0.190. The predicted octanol–water partition coefficient (Wildman–Crippen LogP) is 4.83. The minimum atomic E-state index is -0.0746. The van der Waals surface area contributed by atoms with Gasteiger partial charge in [-0.05, 0) is 62.6 Å². The molecule has 0 fully saturated rings. The number of hydrogen-bond acceptors (Lipinski definition) is 4. The van der Waals surface area contributed by atoms with E-state index in [1.54, 1.807) is 17.1 Å². The molecule has 134 valence electrons. The van der Waals surface area contributed by atoms with Crippen LogP contribution in [-0.4, -0.2) is 22.5 Å². The van der Waals surface area contributed by atoms with Crippen LogP contribution in [0, 0.1) is 6.92 Å². The monoisotopic (exact) mass is 365 g/mol. The molecule has 0 bridgehead atoms. The second kappa shape index (κ2) is 9.15. The lowest BCUT2D eigenvalue weighted by Gasteiger charge is -2.13. The summed E-state index contributed by atoms with van der Waals surface area (Å²) in [5.74, 6) is 0. The molecule has 0 N–H and O–H groups in total. The van der Waals surface area contributed by atoms with Crippen molar-refractivity contribution in [3.05, 3.63) is 82.7 Å². The average Bonchev–Trinajstić information content (AvgIpc) is 2.65. The summed E-state index contributed by atoms with van der Waals surface area (Å²) in [5, 5.41) is 0. The number of hydrogen-bond donors (Lipinski definition) is 0. The van der Waals surface area contributed by atoms with Crippen LogP contribution >= 0.6 is 11.8 Å². The zero-order valence-corrected chi connectivity index (χ0v) is 16.2. The maximum Gasteiger partial charge on any atom is 0.272 e. The average molecular weight is 366 g/mol. The third-order valence-electron chi connectivity index (χ3n) is 4.03. The van der Waals surface area contributed by atoms with E-state index >= 15 is 0 Å². The summed E-state index contributed by atoms with van der Waals surface area (Å²) in [6.45, 7) is 11.2. The van der Waals surface area contributed by atoms with Gasteiger partial charge in [-0.2, -0.15) is 0 Å². The lowest BCUT2D eigenvalue weighted by molar-refractivity contribution is 0.879. The van der Waals surface area contributed by atoms with Crippen molar-refractivity contribution < 1.29 is 0 Å². The molecule has 2 aromatic rings. The Balaban J connectivity index is 2.64. The van der Waals surface area contributed by atoms with Gasteiger partial charge in [-0.1, -0.05) is 23.8 Å². The third-order valence-corrected chi connectivity index (χ3v) is 4.81. The number of aromatic nitrogens is 2. The highest BCUT2D eigenvalue weighted by Gasteiger charge is 2.15. The van der Waals surface area contributed by atoms with Gasteiger partial charge in [0.15, 0.2) is 0 Å². The van der Waals surface area contributed by atoms with Gasteiger partial charge in [-0.3, -0.25) is 14.4 Å². The summed E-state index contributed by atoms with van der Waals surface area (Å²) in [5.41, 5.74) is 4.50. The van der Waals surface area contributed by atoms with Crippen LogP contribution in [0.15, 0.2) is 75.8 Å². The van der Waals surface area contributed by atoms with Crippen molar-refractivity contribution in [3.8, 4) is 5.69 Å². The maximum atomic E-state index is 13.0. The summed E-state index contributed by atoms with van der Waals surface area (Å²) < 4.78 is 1.58. The van der Waals surface area contributed by atoms with E-state index in [1.807, 2.05) is 56.5 Å². The van der Waals surface area contributed by atoms with Gasteiger partial charge in [0, 0.05) is 6.20 Å². The molecule has 4 nitrogen and oxygen atoms in total. The first-order valence-electron chi connectivity index (χ1n) is 8.19. The molecule has 0 unspecified atom stereocenters. The minimum absolute atomic E-state index is 0.0746. The van der Waals surface area contributed by atoms with E-state index in [0.29, 0.717) is 17.0 Å². The van der Waals surface area contributed by atoms with E-state index in [1.165, 1.54) is 11.8 Å². The standard InChI is InChI=1S/C21H23N3OS/c1-6-7-17(12-13-22-4)16(3)19-20(26-5)21(25)24(14-23-19)18-10-8-15(2)9-11-18/h6,8-14H,1,4,7H2,2-3,5H3/b13-12-,17-16+. The van der Waals surface area contributed by atoms with Gasteiger partial charge >= 0.3 is 0 Å². The molecule has 1 aromatic carbocycles. The van der Waals surface area contributed by atoms with Crippen molar-refractivity contribution >= 4 is 24.1 Å². The molecule has 1 aromatic heterocycles. The molecule has 0 aliphatic carbocycles. The van der Waals surface area contributed by atoms with E-state index < -0.39 is 0 Å². The Hall–Kier alpha value is -2.66. The van der Waals surface area contributed by atoms with E-state index in [9.17, 15) is 4.79 Å². The van der Waals surface area contributed by atoms with Gasteiger partial charge in [0.1, 0.15) is 6.33 Å². The highest BCUT2D eigenvalue weighted by molar-refractivity contribution is 7.98. The van der Waals surface area contributed by atoms with E-state index in [-0.39, 0.29) is 5.56 Å². The molecule has 26 heavy (non-hydrogen) atoms. The topological polar surface area (TPSA) is 47.2 Å². The number of rotatable bonds is 7. The van der Waals surface area contributed by atoms with Crippen LogP contribution < -0.4 is 5.56 Å². The van der Waals surface area contributed by atoms with Crippen LogP contribution in [-0.2, 0) is 0 Å². The highest BCUT2D eigenvalue weighted by Crippen LogP contribution is 2.26. The fourth-order valence-corrected chi connectivity index (χ4v) is 3.25. The van der Waals surface area contributed by atoms with E-state index in [4.69, 9.17) is 0 Å². The first kappa shape index (κ1) is 19.7. The summed E-state index contributed by atoms with van der Waals surface area (Å²) in [6, 6.07) is 7.81. The van der Waals surface area contributed by atoms with Gasteiger partial charge in [-0.15, -0.1) is 18.3 Å². The number of thioether (sulfide) groups is 1. The summed E-state index contributed by atoms with van der Waals surface area (Å²) in [4.78, 5) is 22.0. The number of aliphatic imine (C=N–C) groups is 1. The Morgan fingerprint density at radius 2 is 2.04 bits per heavy atom. The molecule has 2 rings (SSSR count). The van der Waals surface area contributed by atoms with Gasteiger partial charge < -0.3 is 0 Å². The van der Waals surface area contributed by atoms with Crippen molar-refractivity contribution in [2.24, 2.45) is 4.99 Å². The number of nitrogens with zero attached hydrogens (tertiary/aromatic N) is 3. The Morgan fingerprint density at radius 3 is 2.62 bits per heavy atom. The predicted molar refractivity (Wildman–Crippen MR) is 112 cm³/mol. The van der Waals surface area contributed by atoms with Crippen LogP contribution in [0.3, 0.4) is 0 Å². The lowest BCUT2D eigenvalue weighted by Crippen LogP contribution is -2.22. The second-order valence-electron chi connectivity index (χ2n) is 5.78. The Bertz CT molecular complexity index is 921. The summed E-state index contributed by atoms with van der Waals surface area (Å²) in [6.07, 6.45) is 9.47. The van der Waals surface area contributed by atoms with Crippen LogP contribution in [0.1, 0.15) is 24.6 Å². The van der Waals surface area contributed by atoms with Crippen LogP contribution in [0.25, 0.3) is 11.3 Å². The summed E-state index contributed by atoms with van der Waals surface area (Å²) in [7, 11) is 0. The van der Waals surface area contributed by atoms with Gasteiger partial charge in [0.25, 0.3) is 5.56 Å². The minimum Gasteiger partial charge on any atom is -0.273 e. The number of allylic oxidation sites excluding steroid dienone is 4. The molecule has 5 heteroatoms. The Labute approximate surface area is 158 Å². The molecule has 0 aliphatic heterocycles. The Kier molecular flexibility index (Phi) is 6.92. The molecule has 0 aliphatic rings. The van der Waals surface area contributed by atoms with Crippen molar-refractivity contribution in [1.82, 2.24) is 9.55 Å². The molecule has 0 radical (unpaired) electrons. The first-order chi connectivity index (χ1) is 12.5. The van der Waals surface area contributed by atoms with Crippen molar-refractivity contribution in [1.29, 1.82) is 0 Å². The molecule has 0 amide bonds. The van der Waals surface area contributed by atoms with Crippen molar-refractivity contribution in [3.63, 3.8) is 0 Å². The molecular formula is C21H23N3OS. The normalized spacial score (nSPS) is 12.1. The van der Waals surface area contributed by atoms with E-state index in [2.05, 4.69) is 23.3 Å². The van der Waals surface area contributed by atoms with Crippen LogP contribution in [0.4, 0.5) is 0 Å². The molecule has 0 atom stereocenters. The van der Waals surface area contributed by atoms with Crippen LogP contribution in [0.2, 0.25) is 0 Å². The molecule has 1 heterocycles. The Morgan fingerprint density at radius 1 is 1.35 bits per heavy atom. The number of aryl methyl sites for hydroxylation is 1. The van der Waals surface area contributed by atoms with E-state index in [0.717, 1.165) is 22.4 Å². The third kappa shape index (κ3) is 4.29. The quantitative estimate of drug-likeness (QED) is 0.306. The van der Waals surface area contributed by atoms with Crippen LogP contribution in [0.5, 0.6) is 0 Å². The fourth-order valence-electron chi connectivity index (χ4n) is 2.57. The first-order valence-corrected chi connectivity index (χ1v) is 9.42. The summed E-state index contributed by atoms with van der Waals surface area (Å²) >= 11 is 1.41. The molecule has 0 saturated carbocycles. The zero-order valence-electron chi connectivity index (χ0n) is 15.4. The number of benzene rings is 1. The lowest BCUT2D eigenvalue weighted by atomic mass is 10.0. The molecule has 0 saturated heterocycles. The van der Waals surface area contributed by atoms with Gasteiger partial charge in [0.2, 0.25) is 0 Å². The molecular weight excluding hydrogens is 342 g/mol. The zero-order chi connectivity index (χ0) is 19.1. The van der Waals surface area contributed by atoms with Crippen molar-refractivity contribution in [2.75, 3.05) is 6.26 Å². The maximum absolute atomic E-state index is 13.0.